The molecule has 0 aliphatic carbocycles. The van der Waals surface area contributed by atoms with Gasteiger partial charge >= 0.3 is 6.18 Å². The molecular formula is C15H25F3N2S. The van der Waals surface area contributed by atoms with E-state index in [2.05, 4.69) is 18.7 Å². The minimum absolute atomic E-state index is 0.116. The number of halogens is 3. The predicted octanol–water partition coefficient (Wildman–Crippen LogP) is 4.41. The summed E-state index contributed by atoms with van der Waals surface area (Å²) in [6.07, 6.45) is -4.27. The number of rotatable bonds is 8. The summed E-state index contributed by atoms with van der Waals surface area (Å²) in [5.74, 6) is 0. The summed E-state index contributed by atoms with van der Waals surface area (Å²) in [6.45, 7) is 7.18. The van der Waals surface area contributed by atoms with Crippen LogP contribution in [0, 0.1) is 0 Å². The molecular weight excluding hydrogens is 297 g/mol. The smallest absolute Gasteiger partial charge is 0.329 e. The highest BCUT2D eigenvalue weighted by atomic mass is 32.1. The van der Waals surface area contributed by atoms with E-state index in [-0.39, 0.29) is 12.5 Å². The maximum Gasteiger partial charge on any atom is 0.389 e. The van der Waals surface area contributed by atoms with Crippen LogP contribution in [0.5, 0.6) is 0 Å². The third kappa shape index (κ3) is 5.96. The molecule has 1 rings (SSSR count). The van der Waals surface area contributed by atoms with Crippen molar-refractivity contribution < 1.29 is 13.2 Å². The van der Waals surface area contributed by atoms with Crippen LogP contribution in [0.3, 0.4) is 0 Å². The Morgan fingerprint density at radius 2 is 1.95 bits per heavy atom. The highest BCUT2D eigenvalue weighted by Gasteiger charge is 2.34. The van der Waals surface area contributed by atoms with Gasteiger partial charge in [-0.05, 0) is 45.1 Å². The molecule has 21 heavy (non-hydrogen) atoms. The molecule has 0 aliphatic heterocycles. The Morgan fingerprint density at radius 1 is 1.29 bits per heavy atom. The summed E-state index contributed by atoms with van der Waals surface area (Å²) in [5.41, 5.74) is 5.49. The van der Waals surface area contributed by atoms with E-state index in [1.165, 1.54) is 4.88 Å². The van der Waals surface area contributed by atoms with Crippen molar-refractivity contribution in [3.05, 3.63) is 22.4 Å². The third-order valence-electron chi connectivity index (χ3n) is 3.84. The number of alkyl halides is 3. The van der Waals surface area contributed by atoms with E-state index in [1.807, 2.05) is 24.4 Å². The number of thiophene rings is 1. The first-order valence-electron chi connectivity index (χ1n) is 7.24. The SMILES string of the molecule is CC(C)N(Cc1cccs1)C(C)(CN)CCCC(F)(F)F. The predicted molar refractivity (Wildman–Crippen MR) is 82.4 cm³/mol. The molecule has 0 saturated carbocycles. The first-order chi connectivity index (χ1) is 9.68. The first kappa shape index (κ1) is 18.5. The normalized spacial score (nSPS) is 15.7. The van der Waals surface area contributed by atoms with Gasteiger partial charge in [0.15, 0.2) is 0 Å². The van der Waals surface area contributed by atoms with E-state index >= 15 is 0 Å². The van der Waals surface area contributed by atoms with Gasteiger partial charge in [-0.3, -0.25) is 4.90 Å². The quantitative estimate of drug-likeness (QED) is 0.768. The number of hydrogen-bond acceptors (Lipinski definition) is 3. The van der Waals surface area contributed by atoms with Crippen molar-refractivity contribution in [2.24, 2.45) is 5.73 Å². The fraction of sp³-hybridized carbons (Fsp3) is 0.733. The van der Waals surface area contributed by atoms with E-state index in [0.717, 1.165) is 6.54 Å². The van der Waals surface area contributed by atoms with Crippen LogP contribution >= 0.6 is 11.3 Å². The Hall–Kier alpha value is -0.590. The molecule has 0 radical (unpaired) electrons. The number of nitrogens with two attached hydrogens (primary N) is 1. The second kappa shape index (κ2) is 7.61. The number of nitrogens with zero attached hydrogens (tertiary/aromatic N) is 1. The van der Waals surface area contributed by atoms with Gasteiger partial charge in [0.05, 0.1) is 0 Å². The van der Waals surface area contributed by atoms with Crippen LogP contribution < -0.4 is 5.73 Å². The fourth-order valence-corrected chi connectivity index (χ4v) is 3.30. The second-order valence-corrected chi connectivity index (χ2v) is 7.00. The lowest BCUT2D eigenvalue weighted by Gasteiger charge is -2.43. The molecule has 122 valence electrons. The van der Waals surface area contributed by atoms with Crippen LogP contribution in [0.2, 0.25) is 0 Å². The second-order valence-electron chi connectivity index (χ2n) is 5.97. The maximum absolute atomic E-state index is 12.4. The van der Waals surface area contributed by atoms with Crippen molar-refractivity contribution in [2.75, 3.05) is 6.54 Å². The lowest BCUT2D eigenvalue weighted by Crippen LogP contribution is -2.54. The van der Waals surface area contributed by atoms with Crippen LogP contribution in [0.15, 0.2) is 17.5 Å². The first-order valence-corrected chi connectivity index (χ1v) is 8.12. The summed E-state index contributed by atoms with van der Waals surface area (Å²) >= 11 is 1.66. The van der Waals surface area contributed by atoms with Gasteiger partial charge in [-0.2, -0.15) is 13.2 Å². The molecule has 2 nitrogen and oxygen atoms in total. The van der Waals surface area contributed by atoms with Crippen LogP contribution in [-0.4, -0.2) is 29.2 Å². The van der Waals surface area contributed by atoms with Gasteiger partial charge in [0.1, 0.15) is 0 Å². The zero-order chi connectivity index (χ0) is 16.1. The Morgan fingerprint density at radius 3 is 2.38 bits per heavy atom. The molecule has 0 aliphatic rings. The molecule has 0 saturated heterocycles. The molecule has 0 amide bonds. The molecule has 0 aromatic carbocycles. The lowest BCUT2D eigenvalue weighted by atomic mass is 9.91. The third-order valence-corrected chi connectivity index (χ3v) is 4.70. The summed E-state index contributed by atoms with van der Waals surface area (Å²) in [5, 5.41) is 2.01. The van der Waals surface area contributed by atoms with E-state index < -0.39 is 18.1 Å². The molecule has 6 heteroatoms. The summed E-state index contributed by atoms with van der Waals surface area (Å²) in [7, 11) is 0. The Bertz CT molecular complexity index is 404. The van der Waals surface area contributed by atoms with Crippen molar-refractivity contribution in [2.45, 2.75) is 64.3 Å². The molecule has 1 atom stereocenters. The molecule has 1 aromatic heterocycles. The molecule has 0 fully saturated rings. The molecule has 1 heterocycles. The lowest BCUT2D eigenvalue weighted by molar-refractivity contribution is -0.137. The van der Waals surface area contributed by atoms with Crippen molar-refractivity contribution in [1.29, 1.82) is 0 Å². The standard InChI is InChI=1S/C15H25F3N2S/c1-12(2)20(10-13-6-4-9-21-13)14(3,11-19)7-5-8-15(16,17)18/h4,6,9,12H,5,7-8,10-11,19H2,1-3H3. The monoisotopic (exact) mass is 322 g/mol. The van der Waals surface area contributed by atoms with Gasteiger partial charge in [0.25, 0.3) is 0 Å². The van der Waals surface area contributed by atoms with Gasteiger partial charge < -0.3 is 5.73 Å². The summed E-state index contributed by atoms with van der Waals surface area (Å²) in [6, 6.07) is 4.26. The van der Waals surface area contributed by atoms with Gasteiger partial charge in [-0.25, -0.2) is 0 Å². The molecule has 0 bridgehead atoms. The van der Waals surface area contributed by atoms with E-state index in [9.17, 15) is 13.2 Å². The summed E-state index contributed by atoms with van der Waals surface area (Å²) in [4.78, 5) is 3.43. The van der Waals surface area contributed by atoms with Crippen molar-refractivity contribution in [3.8, 4) is 0 Å². The van der Waals surface area contributed by atoms with Gasteiger partial charge in [-0.15, -0.1) is 11.3 Å². The average molecular weight is 322 g/mol. The average Bonchev–Trinajstić information content (AvgIpc) is 2.86. The van der Waals surface area contributed by atoms with E-state index in [1.54, 1.807) is 11.3 Å². The highest BCUT2D eigenvalue weighted by molar-refractivity contribution is 7.09. The topological polar surface area (TPSA) is 29.3 Å². The van der Waals surface area contributed by atoms with Gasteiger partial charge in [-0.1, -0.05) is 6.07 Å². The van der Waals surface area contributed by atoms with Gasteiger partial charge in [0.2, 0.25) is 0 Å². The van der Waals surface area contributed by atoms with E-state index in [4.69, 9.17) is 5.73 Å². The Labute approximate surface area is 129 Å². The minimum Gasteiger partial charge on any atom is -0.329 e. The largest absolute Gasteiger partial charge is 0.389 e. The van der Waals surface area contributed by atoms with Crippen LogP contribution in [-0.2, 0) is 6.54 Å². The van der Waals surface area contributed by atoms with E-state index in [0.29, 0.717) is 13.0 Å². The maximum atomic E-state index is 12.4. The molecule has 2 N–H and O–H groups in total. The molecule has 0 spiro atoms. The zero-order valence-corrected chi connectivity index (χ0v) is 13.7. The van der Waals surface area contributed by atoms with Crippen LogP contribution in [0.4, 0.5) is 13.2 Å². The van der Waals surface area contributed by atoms with Gasteiger partial charge in [0, 0.05) is 36.0 Å². The number of hydrogen-bond donors (Lipinski definition) is 1. The Balaban J connectivity index is 2.75. The van der Waals surface area contributed by atoms with Crippen molar-refractivity contribution >= 4 is 11.3 Å². The molecule has 1 aromatic rings. The Kier molecular flexibility index (Phi) is 6.69. The molecule has 1 unspecified atom stereocenters. The fourth-order valence-electron chi connectivity index (χ4n) is 2.60. The van der Waals surface area contributed by atoms with Crippen molar-refractivity contribution in [1.82, 2.24) is 4.90 Å². The minimum atomic E-state index is -4.09. The zero-order valence-electron chi connectivity index (χ0n) is 12.9. The van der Waals surface area contributed by atoms with Crippen LogP contribution in [0.1, 0.15) is 44.9 Å². The van der Waals surface area contributed by atoms with Crippen LogP contribution in [0.25, 0.3) is 0 Å². The summed E-state index contributed by atoms with van der Waals surface area (Å²) < 4.78 is 37.1. The van der Waals surface area contributed by atoms with Crippen molar-refractivity contribution in [3.63, 3.8) is 0 Å². The highest BCUT2D eigenvalue weighted by Crippen LogP contribution is 2.30.